The first kappa shape index (κ1) is 20.8. The fraction of sp³-hybridized carbons (Fsp3) is 0.273. The molecule has 0 unspecified atom stereocenters. The summed E-state index contributed by atoms with van der Waals surface area (Å²) in [7, 11) is 3.18. The summed E-state index contributed by atoms with van der Waals surface area (Å²) in [6, 6.07) is 14.8. The van der Waals surface area contributed by atoms with Crippen LogP contribution in [0.3, 0.4) is 0 Å². The lowest BCUT2D eigenvalue weighted by Gasteiger charge is -2.13. The Bertz CT molecular complexity index is 1080. The number of carbonyl (C=O) groups is 1. The zero-order valence-electron chi connectivity index (χ0n) is 16.7. The number of fused-ring (bicyclic) bond motifs is 1. The Kier molecular flexibility index (Phi) is 6.82. The fourth-order valence-corrected chi connectivity index (χ4v) is 4.06. The van der Waals surface area contributed by atoms with Crippen LogP contribution in [0.25, 0.3) is 10.9 Å². The molecule has 1 heterocycles. The monoisotopic (exact) mass is 412 g/mol. The van der Waals surface area contributed by atoms with Gasteiger partial charge in [-0.15, -0.1) is 11.8 Å². The van der Waals surface area contributed by atoms with Crippen molar-refractivity contribution in [3.05, 3.63) is 64.4 Å². The van der Waals surface area contributed by atoms with E-state index < -0.39 is 0 Å². The number of ether oxygens (including phenoxy) is 2. The molecular weight excluding hydrogens is 388 g/mol. The molecule has 0 aliphatic heterocycles. The predicted octanol–water partition coefficient (Wildman–Crippen LogP) is 3.45. The maximum Gasteiger partial charge on any atom is 0.252 e. The number of rotatable bonds is 8. The Morgan fingerprint density at radius 3 is 2.62 bits per heavy atom. The molecule has 1 amide bonds. The van der Waals surface area contributed by atoms with Crippen LogP contribution in [-0.4, -0.2) is 30.4 Å². The lowest BCUT2D eigenvalue weighted by molar-refractivity contribution is -0.118. The van der Waals surface area contributed by atoms with E-state index in [0.29, 0.717) is 24.6 Å². The average Bonchev–Trinajstić information content (AvgIpc) is 2.75. The first-order valence-corrected chi connectivity index (χ1v) is 10.3. The quantitative estimate of drug-likeness (QED) is 0.574. The summed E-state index contributed by atoms with van der Waals surface area (Å²) in [5, 5.41) is 3.88. The number of aromatic nitrogens is 1. The zero-order chi connectivity index (χ0) is 20.8. The second-order valence-electron chi connectivity index (χ2n) is 6.35. The van der Waals surface area contributed by atoms with Crippen LogP contribution in [0.15, 0.2) is 58.2 Å². The van der Waals surface area contributed by atoms with E-state index in [1.54, 1.807) is 24.9 Å². The van der Waals surface area contributed by atoms with Crippen molar-refractivity contribution < 1.29 is 14.3 Å². The maximum atomic E-state index is 12.4. The molecule has 0 saturated heterocycles. The van der Waals surface area contributed by atoms with Crippen LogP contribution in [0.5, 0.6) is 11.5 Å². The average molecular weight is 413 g/mol. The Labute approximate surface area is 173 Å². The van der Waals surface area contributed by atoms with Crippen LogP contribution in [0, 0.1) is 0 Å². The highest BCUT2D eigenvalue weighted by molar-refractivity contribution is 8.00. The van der Waals surface area contributed by atoms with Gasteiger partial charge in [-0.25, -0.2) is 0 Å². The number of para-hydroxylation sites is 1. The molecule has 0 aliphatic rings. The van der Waals surface area contributed by atoms with Gasteiger partial charge in [0.2, 0.25) is 5.91 Å². The summed E-state index contributed by atoms with van der Waals surface area (Å²) in [6.07, 6.45) is 0. The minimum Gasteiger partial charge on any atom is -0.497 e. The number of hydrogen-bond donors (Lipinski definition) is 1. The van der Waals surface area contributed by atoms with Gasteiger partial charge in [-0.1, -0.05) is 18.2 Å². The molecule has 1 aromatic heterocycles. The second kappa shape index (κ2) is 9.52. The first-order valence-electron chi connectivity index (χ1n) is 9.30. The first-order chi connectivity index (χ1) is 14.1. The van der Waals surface area contributed by atoms with E-state index in [-0.39, 0.29) is 17.2 Å². The number of thioether (sulfide) groups is 1. The molecule has 6 nitrogen and oxygen atoms in total. The van der Waals surface area contributed by atoms with Crippen molar-refractivity contribution >= 4 is 28.6 Å². The molecule has 0 bridgehead atoms. The summed E-state index contributed by atoms with van der Waals surface area (Å²) in [4.78, 5) is 25.6. The SMILES string of the molecule is CCn1c(=O)cc(SCC(=O)NCc2cc(OC)ccc2OC)c2ccccc21. The van der Waals surface area contributed by atoms with Gasteiger partial charge in [0.25, 0.3) is 5.56 Å². The fourth-order valence-electron chi connectivity index (χ4n) is 3.16. The number of benzene rings is 2. The lowest BCUT2D eigenvalue weighted by Crippen LogP contribution is -2.25. The van der Waals surface area contributed by atoms with Crippen LogP contribution < -0.4 is 20.3 Å². The number of nitrogens with zero attached hydrogens (tertiary/aromatic N) is 1. The van der Waals surface area contributed by atoms with Crippen molar-refractivity contribution in [2.24, 2.45) is 0 Å². The number of amides is 1. The molecule has 0 saturated carbocycles. The summed E-state index contributed by atoms with van der Waals surface area (Å²) in [6.45, 7) is 2.88. The summed E-state index contributed by atoms with van der Waals surface area (Å²) >= 11 is 1.36. The number of hydrogen-bond acceptors (Lipinski definition) is 5. The highest BCUT2D eigenvalue weighted by atomic mass is 32.2. The molecule has 0 fully saturated rings. The molecule has 7 heteroatoms. The summed E-state index contributed by atoms with van der Waals surface area (Å²) in [5.41, 5.74) is 1.66. The number of methoxy groups -OCH3 is 2. The van der Waals surface area contributed by atoms with E-state index in [4.69, 9.17) is 9.47 Å². The number of nitrogens with one attached hydrogen (secondary N) is 1. The van der Waals surface area contributed by atoms with Crippen molar-refractivity contribution in [2.45, 2.75) is 24.9 Å². The van der Waals surface area contributed by atoms with Gasteiger partial charge in [0.1, 0.15) is 11.5 Å². The molecule has 29 heavy (non-hydrogen) atoms. The van der Waals surface area contributed by atoms with Gasteiger partial charge in [0.15, 0.2) is 0 Å². The summed E-state index contributed by atoms with van der Waals surface area (Å²) < 4.78 is 12.3. The Hall–Kier alpha value is -2.93. The van der Waals surface area contributed by atoms with Crippen molar-refractivity contribution in [1.82, 2.24) is 9.88 Å². The lowest BCUT2D eigenvalue weighted by atomic mass is 10.2. The molecule has 0 spiro atoms. The van der Waals surface area contributed by atoms with Crippen molar-refractivity contribution in [1.29, 1.82) is 0 Å². The van der Waals surface area contributed by atoms with E-state index in [9.17, 15) is 9.59 Å². The van der Waals surface area contributed by atoms with Gasteiger partial charge >= 0.3 is 0 Å². The van der Waals surface area contributed by atoms with E-state index in [0.717, 1.165) is 21.4 Å². The molecule has 0 aliphatic carbocycles. The Balaban J connectivity index is 1.70. The molecule has 1 N–H and O–H groups in total. The van der Waals surface area contributed by atoms with Gasteiger partial charge in [0.05, 0.1) is 25.5 Å². The van der Waals surface area contributed by atoms with E-state index in [2.05, 4.69) is 5.32 Å². The molecular formula is C22H24N2O4S. The zero-order valence-corrected chi connectivity index (χ0v) is 17.5. The number of carbonyl (C=O) groups excluding carboxylic acids is 1. The molecule has 0 atom stereocenters. The minimum atomic E-state index is -0.122. The highest BCUT2D eigenvalue weighted by Crippen LogP contribution is 2.27. The van der Waals surface area contributed by atoms with Gasteiger partial charge in [-0.2, -0.15) is 0 Å². The predicted molar refractivity (Wildman–Crippen MR) is 116 cm³/mol. The van der Waals surface area contributed by atoms with Gasteiger partial charge in [-0.3, -0.25) is 9.59 Å². The van der Waals surface area contributed by atoms with E-state index in [1.165, 1.54) is 11.8 Å². The number of aryl methyl sites for hydroxylation is 1. The molecule has 3 rings (SSSR count). The van der Waals surface area contributed by atoms with Crippen LogP contribution >= 0.6 is 11.8 Å². The third-order valence-electron chi connectivity index (χ3n) is 4.62. The molecule has 3 aromatic rings. The topological polar surface area (TPSA) is 69.6 Å². The molecule has 152 valence electrons. The Morgan fingerprint density at radius 2 is 1.90 bits per heavy atom. The summed E-state index contributed by atoms with van der Waals surface area (Å²) in [5.74, 6) is 1.48. The highest BCUT2D eigenvalue weighted by Gasteiger charge is 2.11. The van der Waals surface area contributed by atoms with Crippen molar-refractivity contribution in [2.75, 3.05) is 20.0 Å². The maximum absolute atomic E-state index is 12.4. The van der Waals surface area contributed by atoms with Crippen LogP contribution in [0.4, 0.5) is 0 Å². The minimum absolute atomic E-state index is 0.0600. The molecule has 0 radical (unpaired) electrons. The van der Waals surface area contributed by atoms with Gasteiger partial charge in [0, 0.05) is 35.0 Å². The van der Waals surface area contributed by atoms with Crippen LogP contribution in [0.2, 0.25) is 0 Å². The number of pyridine rings is 1. The third kappa shape index (κ3) is 4.74. The largest absolute Gasteiger partial charge is 0.497 e. The third-order valence-corrected chi connectivity index (χ3v) is 5.67. The normalized spacial score (nSPS) is 10.7. The van der Waals surface area contributed by atoms with Crippen LogP contribution in [-0.2, 0) is 17.9 Å². The van der Waals surface area contributed by atoms with Crippen molar-refractivity contribution in [3.63, 3.8) is 0 Å². The smallest absolute Gasteiger partial charge is 0.252 e. The standard InChI is InChI=1S/C22H24N2O4S/c1-4-24-18-8-6-5-7-17(18)20(12-22(24)26)29-14-21(25)23-13-15-11-16(27-2)9-10-19(15)28-3/h5-12H,4,13-14H2,1-3H3,(H,23,25). The second-order valence-corrected chi connectivity index (χ2v) is 7.37. The Morgan fingerprint density at radius 1 is 1.10 bits per heavy atom. The molecule has 2 aromatic carbocycles. The van der Waals surface area contributed by atoms with Crippen LogP contribution in [0.1, 0.15) is 12.5 Å². The van der Waals surface area contributed by atoms with E-state index >= 15 is 0 Å². The van der Waals surface area contributed by atoms with Gasteiger partial charge in [-0.05, 0) is 31.2 Å². The van der Waals surface area contributed by atoms with E-state index in [1.807, 2.05) is 49.4 Å². The van der Waals surface area contributed by atoms with Gasteiger partial charge < -0.3 is 19.4 Å². The van der Waals surface area contributed by atoms with Crippen molar-refractivity contribution in [3.8, 4) is 11.5 Å².